The van der Waals surface area contributed by atoms with Crippen molar-refractivity contribution in [3.8, 4) is 11.5 Å². The molecule has 0 unspecified atom stereocenters. The molecule has 0 bridgehead atoms. The summed E-state index contributed by atoms with van der Waals surface area (Å²) in [7, 11) is 3.46. The molecule has 7 aromatic carbocycles. The van der Waals surface area contributed by atoms with E-state index in [9.17, 15) is 0 Å². The average Bonchev–Trinajstić information content (AvgIpc) is 2.91. The molecule has 0 radical (unpaired) electrons. The number of hydrogen-bond donors (Lipinski definition) is 0. The first kappa shape index (κ1) is 19.2. The topological polar surface area (TPSA) is 18.5 Å². The lowest BCUT2D eigenvalue weighted by molar-refractivity contribution is 0.415. The van der Waals surface area contributed by atoms with Crippen LogP contribution in [0.4, 0.5) is 0 Å². The third-order valence-corrected chi connectivity index (χ3v) is 7.18. The molecule has 7 rings (SSSR count). The Labute approximate surface area is 196 Å². The molecule has 34 heavy (non-hydrogen) atoms. The number of hydrogen-bond acceptors (Lipinski definition) is 2. The van der Waals surface area contributed by atoms with E-state index in [1.807, 2.05) is 12.1 Å². The number of fused-ring (bicyclic) bond motifs is 11. The fourth-order valence-corrected chi connectivity index (χ4v) is 5.53. The molecular formula is C32H22O2. The van der Waals surface area contributed by atoms with Crippen LogP contribution in [-0.4, -0.2) is 14.2 Å². The number of rotatable bonds is 2. The highest BCUT2D eigenvalue weighted by Gasteiger charge is 2.14. The van der Waals surface area contributed by atoms with Gasteiger partial charge in [0.1, 0.15) is 11.5 Å². The van der Waals surface area contributed by atoms with Gasteiger partial charge in [0, 0.05) is 0 Å². The van der Waals surface area contributed by atoms with Crippen molar-refractivity contribution in [2.24, 2.45) is 0 Å². The number of methoxy groups -OCH3 is 2. The lowest BCUT2D eigenvalue weighted by Crippen LogP contribution is -1.88. The molecule has 0 saturated heterocycles. The van der Waals surface area contributed by atoms with E-state index in [2.05, 4.69) is 84.9 Å². The molecule has 2 nitrogen and oxygen atoms in total. The van der Waals surface area contributed by atoms with Gasteiger partial charge in [-0.25, -0.2) is 0 Å². The molecule has 0 spiro atoms. The Bertz CT molecular complexity index is 1770. The van der Waals surface area contributed by atoms with Gasteiger partial charge in [-0.05, 0) is 88.9 Å². The molecule has 0 saturated carbocycles. The van der Waals surface area contributed by atoms with E-state index in [1.165, 1.54) is 64.6 Å². The summed E-state index contributed by atoms with van der Waals surface area (Å²) in [5.74, 6) is 1.74. The van der Waals surface area contributed by atoms with Crippen LogP contribution in [0, 0.1) is 0 Å². The third kappa shape index (κ3) is 2.63. The van der Waals surface area contributed by atoms with Crippen LogP contribution in [0.2, 0.25) is 0 Å². The zero-order valence-corrected chi connectivity index (χ0v) is 19.1. The van der Waals surface area contributed by atoms with Gasteiger partial charge in [0.15, 0.2) is 0 Å². The average molecular weight is 439 g/mol. The van der Waals surface area contributed by atoms with Gasteiger partial charge in [0.2, 0.25) is 0 Å². The summed E-state index contributed by atoms with van der Waals surface area (Å²) in [6.45, 7) is 0. The monoisotopic (exact) mass is 438 g/mol. The summed E-state index contributed by atoms with van der Waals surface area (Å²) in [5.41, 5.74) is 0. The van der Waals surface area contributed by atoms with Crippen LogP contribution in [-0.2, 0) is 0 Å². The minimum absolute atomic E-state index is 0.872. The van der Waals surface area contributed by atoms with Gasteiger partial charge in [-0.1, -0.05) is 72.8 Å². The lowest BCUT2D eigenvalue weighted by atomic mass is 9.89. The van der Waals surface area contributed by atoms with E-state index in [0.29, 0.717) is 0 Å². The molecule has 0 aliphatic heterocycles. The van der Waals surface area contributed by atoms with E-state index in [4.69, 9.17) is 9.47 Å². The molecule has 0 fully saturated rings. The Hall–Kier alpha value is -4.30. The van der Waals surface area contributed by atoms with Gasteiger partial charge < -0.3 is 9.47 Å². The Kier molecular flexibility index (Phi) is 4.01. The first-order valence-electron chi connectivity index (χ1n) is 11.5. The minimum atomic E-state index is 0.872. The minimum Gasteiger partial charge on any atom is -0.497 e. The smallest absolute Gasteiger partial charge is 0.119 e. The number of ether oxygens (including phenoxy) is 2. The van der Waals surface area contributed by atoms with Crippen molar-refractivity contribution in [2.45, 2.75) is 0 Å². The molecule has 0 amide bonds. The molecule has 2 heteroatoms. The van der Waals surface area contributed by atoms with Gasteiger partial charge in [0.05, 0.1) is 14.2 Å². The normalized spacial score (nSPS) is 11.8. The van der Waals surface area contributed by atoms with Crippen molar-refractivity contribution < 1.29 is 9.47 Å². The zero-order chi connectivity index (χ0) is 22.8. The summed E-state index contributed by atoms with van der Waals surface area (Å²) < 4.78 is 11.2. The second-order valence-electron chi connectivity index (χ2n) is 8.89. The van der Waals surface area contributed by atoms with Crippen molar-refractivity contribution in [1.29, 1.82) is 0 Å². The van der Waals surface area contributed by atoms with E-state index < -0.39 is 0 Å². The van der Waals surface area contributed by atoms with E-state index in [1.54, 1.807) is 14.2 Å². The van der Waals surface area contributed by atoms with Gasteiger partial charge >= 0.3 is 0 Å². The zero-order valence-electron chi connectivity index (χ0n) is 19.1. The fraction of sp³-hybridized carbons (Fsp3) is 0.0625. The quantitative estimate of drug-likeness (QED) is 0.252. The predicted molar refractivity (Wildman–Crippen MR) is 145 cm³/mol. The lowest BCUT2D eigenvalue weighted by Gasteiger charge is -2.15. The molecule has 0 aromatic heterocycles. The Morgan fingerprint density at radius 2 is 0.647 bits per heavy atom. The summed E-state index contributed by atoms with van der Waals surface area (Å²) >= 11 is 0. The standard InChI is InChI=1S/C32H22O2/c1-33-25-15-13-19-3-5-21-7-9-23-11-12-24-10-8-22-6-4-20-14-16-26(34-2)18-28(20)30(22)32(24)31(23)29(21)27(19)17-25/h3-18H,1-2H3. The molecule has 0 N–H and O–H groups in total. The largest absolute Gasteiger partial charge is 0.497 e. The molecule has 0 atom stereocenters. The van der Waals surface area contributed by atoms with E-state index in [0.717, 1.165) is 11.5 Å². The highest BCUT2D eigenvalue weighted by molar-refractivity contribution is 6.35. The summed E-state index contributed by atoms with van der Waals surface area (Å²) in [4.78, 5) is 0. The molecule has 0 heterocycles. The SMILES string of the molecule is COc1ccc2ccc3ccc4ccc5ccc6ccc7ccc(OC)cc7c6c5c4c3c2c1. The van der Waals surface area contributed by atoms with Crippen molar-refractivity contribution in [2.75, 3.05) is 14.2 Å². The molecular weight excluding hydrogens is 416 g/mol. The first-order valence-corrected chi connectivity index (χ1v) is 11.5. The van der Waals surface area contributed by atoms with Gasteiger partial charge in [-0.2, -0.15) is 0 Å². The maximum Gasteiger partial charge on any atom is 0.119 e. The fourth-order valence-electron chi connectivity index (χ4n) is 5.53. The van der Waals surface area contributed by atoms with Crippen LogP contribution < -0.4 is 9.47 Å². The maximum absolute atomic E-state index is 5.61. The van der Waals surface area contributed by atoms with Gasteiger partial charge in [0.25, 0.3) is 0 Å². The maximum atomic E-state index is 5.61. The van der Waals surface area contributed by atoms with Crippen molar-refractivity contribution in [3.05, 3.63) is 97.1 Å². The van der Waals surface area contributed by atoms with Crippen LogP contribution in [0.1, 0.15) is 0 Å². The van der Waals surface area contributed by atoms with Crippen molar-refractivity contribution in [3.63, 3.8) is 0 Å². The van der Waals surface area contributed by atoms with Crippen LogP contribution >= 0.6 is 0 Å². The van der Waals surface area contributed by atoms with Crippen LogP contribution in [0.5, 0.6) is 11.5 Å². The van der Waals surface area contributed by atoms with Crippen LogP contribution in [0.15, 0.2) is 97.1 Å². The summed E-state index contributed by atoms with van der Waals surface area (Å²) in [6.07, 6.45) is 0. The second kappa shape index (κ2) is 7.10. The van der Waals surface area contributed by atoms with Crippen LogP contribution in [0.3, 0.4) is 0 Å². The Morgan fingerprint density at radius 3 is 1.00 bits per heavy atom. The van der Waals surface area contributed by atoms with E-state index in [-0.39, 0.29) is 0 Å². The third-order valence-electron chi connectivity index (χ3n) is 7.18. The molecule has 0 aliphatic rings. The Balaban J connectivity index is 1.82. The van der Waals surface area contributed by atoms with Crippen molar-refractivity contribution in [1.82, 2.24) is 0 Å². The highest BCUT2D eigenvalue weighted by Crippen LogP contribution is 2.42. The Morgan fingerprint density at radius 1 is 0.353 bits per heavy atom. The highest BCUT2D eigenvalue weighted by atomic mass is 16.5. The van der Waals surface area contributed by atoms with Gasteiger partial charge in [-0.3, -0.25) is 0 Å². The second-order valence-corrected chi connectivity index (χ2v) is 8.89. The molecule has 7 aromatic rings. The van der Waals surface area contributed by atoms with Crippen LogP contribution in [0.25, 0.3) is 64.6 Å². The predicted octanol–water partition coefficient (Wildman–Crippen LogP) is 8.62. The van der Waals surface area contributed by atoms with Gasteiger partial charge in [-0.15, -0.1) is 0 Å². The molecule has 0 aliphatic carbocycles. The van der Waals surface area contributed by atoms with Crippen molar-refractivity contribution >= 4 is 64.6 Å². The molecule has 162 valence electrons. The first-order chi connectivity index (χ1) is 16.7. The van der Waals surface area contributed by atoms with E-state index >= 15 is 0 Å². The summed E-state index contributed by atoms with van der Waals surface area (Å²) in [6, 6.07) is 35.0. The summed E-state index contributed by atoms with van der Waals surface area (Å²) in [5, 5.41) is 14.9. The number of benzene rings is 7.